The fourth-order valence-corrected chi connectivity index (χ4v) is 15.6. The molecule has 0 N–H and O–H groups in total. The van der Waals surface area contributed by atoms with Crippen LogP contribution < -0.4 is 31.1 Å². The molecule has 9 aromatic rings. The molecule has 9 aromatic carbocycles. The summed E-state index contributed by atoms with van der Waals surface area (Å²) in [4.78, 5) is 8.20. The van der Waals surface area contributed by atoms with Crippen molar-refractivity contribution in [3.05, 3.63) is 222 Å². The van der Waals surface area contributed by atoms with E-state index in [4.69, 9.17) is 0 Å². The van der Waals surface area contributed by atoms with Gasteiger partial charge in [0.25, 0.3) is 6.71 Å². The molecule has 1 fully saturated rings. The van der Waals surface area contributed by atoms with Crippen molar-refractivity contribution in [1.82, 2.24) is 0 Å². The largest absolute Gasteiger partial charge is 0.334 e. The SMILES string of the molecule is CC1(C)Cc2ccc(N3c4cc5c(cc4B4c6cc(-c7ccccc7)ccc6N(c6ccc(-c7ccccc7)cc6)c6cc(N7c8ccc(-c9ccccc9)cc8C8(C)CCCCC78C)cc3c64)CC(C)(C)C5)cc2C1. The number of nitrogens with zero attached hydrogens (tertiary/aromatic N) is 3. The highest BCUT2D eigenvalue weighted by atomic mass is 15.3. The lowest BCUT2D eigenvalue weighted by molar-refractivity contribution is 0.195. The van der Waals surface area contributed by atoms with E-state index >= 15 is 0 Å². The van der Waals surface area contributed by atoms with E-state index in [1.165, 1.54) is 136 Å². The van der Waals surface area contributed by atoms with Gasteiger partial charge in [-0.25, -0.2) is 0 Å². The standard InChI is InChI=1S/C72H66BN3/c1-69(2)43-53-26-31-58(36-54(53)44-69)75-65-40-56-46-70(3,4)45-55(56)39-62(65)73-61-38-52(49-22-14-9-15-23-49)28-33-64(61)74(57-29-24-50(25-30-57)47-18-10-7-11-19-47)66-41-59(42-67(75)68(66)73)76-63-32-27-51(48-20-12-8-13-21-48)37-60(63)71(5)34-16-17-35-72(71,76)6/h7-15,18-33,36-42H,16-17,34-35,43-46H2,1-6H3. The van der Waals surface area contributed by atoms with Crippen molar-refractivity contribution in [3.8, 4) is 33.4 Å². The highest BCUT2D eigenvalue weighted by Crippen LogP contribution is 2.62. The number of fused-ring (bicyclic) bond motifs is 9. The van der Waals surface area contributed by atoms with Crippen molar-refractivity contribution in [2.75, 3.05) is 14.7 Å². The lowest BCUT2D eigenvalue weighted by atomic mass is 9.33. The maximum atomic E-state index is 2.83. The first-order valence-corrected chi connectivity index (χ1v) is 28.2. The zero-order valence-electron chi connectivity index (χ0n) is 45.1. The number of rotatable bonds is 6. The van der Waals surface area contributed by atoms with Crippen LogP contribution in [0.2, 0.25) is 0 Å². The predicted octanol–water partition coefficient (Wildman–Crippen LogP) is 16.8. The lowest BCUT2D eigenvalue weighted by Crippen LogP contribution is -2.61. The van der Waals surface area contributed by atoms with Crippen LogP contribution in [-0.2, 0) is 31.1 Å². The average molecular weight is 984 g/mol. The Bertz CT molecular complexity index is 3820. The maximum Gasteiger partial charge on any atom is 0.252 e. The summed E-state index contributed by atoms with van der Waals surface area (Å²) in [5.74, 6) is 0. The van der Waals surface area contributed by atoms with Crippen LogP contribution in [-0.4, -0.2) is 12.3 Å². The summed E-state index contributed by atoms with van der Waals surface area (Å²) >= 11 is 0. The topological polar surface area (TPSA) is 9.72 Å². The van der Waals surface area contributed by atoms with E-state index < -0.39 is 0 Å². The third-order valence-electron chi connectivity index (χ3n) is 19.3. The molecule has 372 valence electrons. The van der Waals surface area contributed by atoms with E-state index in [0.29, 0.717) is 0 Å². The Balaban J connectivity index is 1.04. The average Bonchev–Trinajstić information content (AvgIpc) is 4.13. The molecule has 2 atom stereocenters. The number of hydrogen-bond donors (Lipinski definition) is 0. The summed E-state index contributed by atoms with van der Waals surface area (Å²) in [6.45, 7) is 15.0. The summed E-state index contributed by atoms with van der Waals surface area (Å²) in [6, 6.07) is 75.2. The van der Waals surface area contributed by atoms with Crippen molar-refractivity contribution in [1.29, 1.82) is 0 Å². The molecular formula is C72H66BN3. The normalized spacial score (nSPS) is 20.8. The van der Waals surface area contributed by atoms with Gasteiger partial charge in [-0.15, -0.1) is 0 Å². The van der Waals surface area contributed by atoms with E-state index in [9.17, 15) is 0 Å². The van der Waals surface area contributed by atoms with Crippen LogP contribution in [0.1, 0.15) is 95.0 Å². The molecule has 3 heterocycles. The van der Waals surface area contributed by atoms with Crippen molar-refractivity contribution >= 4 is 68.6 Å². The van der Waals surface area contributed by atoms with Crippen LogP contribution >= 0.6 is 0 Å². The third kappa shape index (κ3) is 6.88. The van der Waals surface area contributed by atoms with Gasteiger partial charge in [-0.3, -0.25) is 0 Å². The molecule has 3 aliphatic heterocycles. The first kappa shape index (κ1) is 45.8. The van der Waals surface area contributed by atoms with Crippen molar-refractivity contribution in [2.24, 2.45) is 10.8 Å². The quantitative estimate of drug-likeness (QED) is 0.154. The van der Waals surface area contributed by atoms with E-state index in [1.54, 1.807) is 0 Å². The minimum atomic E-state index is -0.161. The first-order chi connectivity index (χ1) is 36.8. The monoisotopic (exact) mass is 984 g/mol. The summed E-state index contributed by atoms with van der Waals surface area (Å²) in [6.07, 6.45) is 9.11. The smallest absolute Gasteiger partial charge is 0.252 e. The van der Waals surface area contributed by atoms with E-state index in [0.717, 1.165) is 38.5 Å². The van der Waals surface area contributed by atoms with E-state index in [1.807, 2.05) is 0 Å². The van der Waals surface area contributed by atoms with Gasteiger partial charge in [-0.2, -0.15) is 0 Å². The minimum absolute atomic E-state index is 0.000931. The van der Waals surface area contributed by atoms with Crippen LogP contribution in [0, 0.1) is 10.8 Å². The van der Waals surface area contributed by atoms with Gasteiger partial charge < -0.3 is 14.7 Å². The molecule has 0 amide bonds. The summed E-state index contributed by atoms with van der Waals surface area (Å²) in [5, 5.41) is 0. The Labute approximate surface area is 451 Å². The molecular weight excluding hydrogens is 918 g/mol. The second-order valence-electron chi connectivity index (χ2n) is 25.5. The van der Waals surface area contributed by atoms with Gasteiger partial charge in [0.15, 0.2) is 0 Å². The van der Waals surface area contributed by atoms with Gasteiger partial charge in [-0.05, 0) is 195 Å². The predicted molar refractivity (Wildman–Crippen MR) is 322 cm³/mol. The van der Waals surface area contributed by atoms with Gasteiger partial charge in [0.05, 0.1) is 5.54 Å². The van der Waals surface area contributed by atoms with Gasteiger partial charge >= 0.3 is 0 Å². The fraction of sp³-hybridized carbons (Fsp3) is 0.250. The molecule has 15 rings (SSSR count). The van der Waals surface area contributed by atoms with Crippen LogP contribution in [0.15, 0.2) is 194 Å². The van der Waals surface area contributed by atoms with Crippen LogP contribution in [0.4, 0.5) is 45.5 Å². The summed E-state index contributed by atoms with van der Waals surface area (Å²) < 4.78 is 0. The third-order valence-corrected chi connectivity index (χ3v) is 19.3. The molecule has 0 bridgehead atoms. The molecule has 76 heavy (non-hydrogen) atoms. The molecule has 0 aromatic heterocycles. The zero-order chi connectivity index (χ0) is 51.3. The van der Waals surface area contributed by atoms with Crippen LogP contribution in [0.3, 0.4) is 0 Å². The highest BCUT2D eigenvalue weighted by Gasteiger charge is 2.58. The summed E-state index contributed by atoms with van der Waals surface area (Å²) in [5.41, 5.74) is 29.5. The second-order valence-corrected chi connectivity index (χ2v) is 25.5. The van der Waals surface area contributed by atoms with E-state index in [2.05, 4.69) is 250 Å². The molecule has 0 saturated heterocycles. The van der Waals surface area contributed by atoms with Gasteiger partial charge in [0.2, 0.25) is 0 Å². The molecule has 0 radical (unpaired) electrons. The molecule has 3 nitrogen and oxygen atoms in total. The molecule has 1 saturated carbocycles. The Morgan fingerprint density at radius 3 is 1.49 bits per heavy atom. The molecule has 4 heteroatoms. The van der Waals surface area contributed by atoms with Crippen molar-refractivity contribution in [3.63, 3.8) is 0 Å². The number of hydrogen-bond acceptors (Lipinski definition) is 3. The summed E-state index contributed by atoms with van der Waals surface area (Å²) in [7, 11) is 0. The molecule has 0 spiro atoms. The Morgan fingerprint density at radius 2 is 0.842 bits per heavy atom. The lowest BCUT2D eigenvalue weighted by Gasteiger charge is -2.51. The van der Waals surface area contributed by atoms with Crippen molar-refractivity contribution in [2.45, 2.75) is 104 Å². The minimum Gasteiger partial charge on any atom is -0.334 e. The second kappa shape index (κ2) is 16.5. The Morgan fingerprint density at radius 1 is 0.355 bits per heavy atom. The van der Waals surface area contributed by atoms with Crippen LogP contribution in [0.25, 0.3) is 33.4 Å². The Hall–Kier alpha value is -7.56. The Kier molecular flexibility index (Phi) is 9.93. The number of benzene rings is 9. The van der Waals surface area contributed by atoms with Gasteiger partial charge in [0, 0.05) is 50.9 Å². The van der Waals surface area contributed by atoms with Gasteiger partial charge in [0.1, 0.15) is 0 Å². The highest BCUT2D eigenvalue weighted by molar-refractivity contribution is 7.00. The van der Waals surface area contributed by atoms with Crippen LogP contribution in [0.5, 0.6) is 0 Å². The molecule has 3 aliphatic carbocycles. The van der Waals surface area contributed by atoms with E-state index in [-0.39, 0.29) is 28.5 Å². The first-order valence-electron chi connectivity index (χ1n) is 28.2. The maximum absolute atomic E-state index is 2.83. The van der Waals surface area contributed by atoms with Gasteiger partial charge in [-0.1, -0.05) is 181 Å². The molecule has 2 unspecified atom stereocenters. The number of anilines is 8. The molecule has 6 aliphatic rings. The zero-order valence-corrected chi connectivity index (χ0v) is 45.1. The fourth-order valence-electron chi connectivity index (χ4n) is 15.6. The van der Waals surface area contributed by atoms with Crippen molar-refractivity contribution < 1.29 is 0 Å².